The third-order valence-corrected chi connectivity index (χ3v) is 2.88. The molecule has 0 aliphatic rings. The van der Waals surface area contributed by atoms with Gasteiger partial charge in [-0.3, -0.25) is 0 Å². The van der Waals surface area contributed by atoms with E-state index in [9.17, 15) is 13.2 Å². The van der Waals surface area contributed by atoms with Crippen molar-refractivity contribution in [3.63, 3.8) is 0 Å². The summed E-state index contributed by atoms with van der Waals surface area (Å²) < 4.78 is 61.2. The molecule has 0 atom stereocenters. The van der Waals surface area contributed by atoms with Crippen molar-refractivity contribution in [2.75, 3.05) is 0 Å². The van der Waals surface area contributed by atoms with Crippen LogP contribution in [0.3, 0.4) is 0 Å². The Bertz CT molecular complexity index is 501. The molecular weight excluding hydrogens is 295 g/mol. The van der Waals surface area contributed by atoms with E-state index in [1.165, 1.54) is 24.8 Å². The summed E-state index contributed by atoms with van der Waals surface area (Å²) in [4.78, 5) is 0. The number of rotatable bonds is 4. The van der Waals surface area contributed by atoms with E-state index < -0.39 is 15.6 Å². The minimum Gasteiger partial charge on any atom is -0.741 e. The van der Waals surface area contributed by atoms with Crippen molar-refractivity contribution in [1.29, 1.82) is 0 Å². The first-order chi connectivity index (χ1) is 9.08. The quantitative estimate of drug-likeness (QED) is 0.371. The van der Waals surface area contributed by atoms with Crippen LogP contribution in [0.4, 0.5) is 13.2 Å². The van der Waals surface area contributed by atoms with Gasteiger partial charge < -0.3 is 4.55 Å². The van der Waals surface area contributed by atoms with Crippen LogP contribution in [-0.2, 0) is 16.7 Å². The maximum Gasteiger partial charge on any atom is 0.485 e. The first kappa shape index (κ1) is 18.9. The number of aromatic nitrogens is 1. The molecule has 4 nitrogen and oxygen atoms in total. The van der Waals surface area contributed by atoms with Crippen molar-refractivity contribution >= 4 is 10.1 Å². The summed E-state index contributed by atoms with van der Waals surface area (Å²) in [6.07, 6.45) is 8.27. The first-order valence-corrected chi connectivity index (χ1v) is 7.46. The zero-order chi connectivity index (χ0) is 15.8. The second kappa shape index (κ2) is 8.21. The monoisotopic (exact) mass is 313 g/mol. The molecule has 8 heteroatoms. The van der Waals surface area contributed by atoms with Crippen LogP contribution in [-0.4, -0.2) is 18.5 Å². The van der Waals surface area contributed by atoms with Crippen molar-refractivity contribution < 1.29 is 30.7 Å². The first-order valence-electron chi connectivity index (χ1n) is 6.05. The molecule has 0 saturated heterocycles. The van der Waals surface area contributed by atoms with Crippen molar-refractivity contribution in [2.24, 2.45) is 0 Å². The highest BCUT2D eigenvalue weighted by molar-refractivity contribution is 7.86. The Morgan fingerprint density at radius 3 is 2.25 bits per heavy atom. The van der Waals surface area contributed by atoms with Crippen LogP contribution in [0.2, 0.25) is 0 Å². The highest BCUT2D eigenvalue weighted by Gasteiger charge is 2.36. The van der Waals surface area contributed by atoms with Crippen molar-refractivity contribution in [3.05, 3.63) is 30.1 Å². The van der Waals surface area contributed by atoms with Crippen LogP contribution in [0.1, 0.15) is 31.7 Å². The van der Waals surface area contributed by atoms with E-state index in [4.69, 9.17) is 13.0 Å². The second-order valence-electron chi connectivity index (χ2n) is 4.23. The molecule has 0 N–H and O–H groups in total. The Kier molecular flexibility index (Phi) is 7.74. The molecule has 116 valence electrons. The zero-order valence-electron chi connectivity index (χ0n) is 11.4. The fourth-order valence-corrected chi connectivity index (χ4v) is 1.34. The summed E-state index contributed by atoms with van der Waals surface area (Å²) in [5.74, 6) is 0. The van der Waals surface area contributed by atoms with E-state index in [-0.39, 0.29) is 0 Å². The third-order valence-electron chi connectivity index (χ3n) is 2.31. The highest BCUT2D eigenvalue weighted by Crippen LogP contribution is 2.20. The van der Waals surface area contributed by atoms with Gasteiger partial charge >= 0.3 is 5.51 Å². The van der Waals surface area contributed by atoms with Crippen LogP contribution in [0.5, 0.6) is 0 Å². The number of pyridine rings is 1. The molecule has 0 fully saturated rings. The van der Waals surface area contributed by atoms with E-state index in [0.29, 0.717) is 0 Å². The average Bonchev–Trinajstić information content (AvgIpc) is 2.27. The molecule has 0 aromatic carbocycles. The van der Waals surface area contributed by atoms with Crippen LogP contribution >= 0.6 is 0 Å². The largest absolute Gasteiger partial charge is 0.741 e. The lowest BCUT2D eigenvalue weighted by Crippen LogP contribution is -2.32. The van der Waals surface area contributed by atoms with Crippen LogP contribution < -0.4 is 4.57 Å². The van der Waals surface area contributed by atoms with Crippen LogP contribution in [0.25, 0.3) is 0 Å². The molecule has 0 spiro atoms. The van der Waals surface area contributed by atoms with Gasteiger partial charge in [-0.15, -0.1) is 0 Å². The van der Waals surface area contributed by atoms with E-state index in [1.54, 1.807) is 0 Å². The predicted molar refractivity (Wildman–Crippen MR) is 66.7 cm³/mol. The normalized spacial score (nSPS) is 11.7. The van der Waals surface area contributed by atoms with Crippen LogP contribution in [0, 0.1) is 6.92 Å². The van der Waals surface area contributed by atoms with E-state index in [0.717, 1.165) is 6.54 Å². The molecule has 20 heavy (non-hydrogen) atoms. The van der Waals surface area contributed by atoms with Gasteiger partial charge in [0.15, 0.2) is 22.5 Å². The number of halogens is 3. The van der Waals surface area contributed by atoms with Crippen molar-refractivity contribution in [1.82, 2.24) is 0 Å². The average molecular weight is 313 g/mol. The van der Waals surface area contributed by atoms with Gasteiger partial charge in [-0.25, -0.2) is 13.0 Å². The zero-order valence-corrected chi connectivity index (χ0v) is 12.2. The molecule has 0 unspecified atom stereocenters. The molecule has 0 radical (unpaired) electrons. The molecule has 1 aromatic heterocycles. The van der Waals surface area contributed by atoms with Gasteiger partial charge in [0.25, 0.3) is 0 Å². The molecule has 1 rings (SSSR count). The predicted octanol–water partition coefficient (Wildman–Crippen LogP) is 2.52. The third kappa shape index (κ3) is 8.11. The number of hydrogen-bond donors (Lipinski definition) is 0. The van der Waals surface area contributed by atoms with Gasteiger partial charge in [0.2, 0.25) is 0 Å². The van der Waals surface area contributed by atoms with E-state index in [2.05, 4.69) is 42.9 Å². The Labute approximate surface area is 117 Å². The second-order valence-corrected chi connectivity index (χ2v) is 5.60. The fourth-order valence-electron chi connectivity index (χ4n) is 1.34. The van der Waals surface area contributed by atoms with Crippen LogP contribution in [0.15, 0.2) is 24.5 Å². The molecule has 0 saturated carbocycles. The van der Waals surface area contributed by atoms with Gasteiger partial charge in [-0.05, 0) is 19.4 Å². The smallest absolute Gasteiger partial charge is 0.485 e. The lowest BCUT2D eigenvalue weighted by Gasteiger charge is -2.08. The summed E-state index contributed by atoms with van der Waals surface area (Å²) in [6, 6.07) is 4.25. The van der Waals surface area contributed by atoms with Gasteiger partial charge in [0, 0.05) is 18.1 Å². The summed E-state index contributed by atoms with van der Waals surface area (Å²) in [5.41, 5.74) is -4.30. The topological polar surface area (TPSA) is 61.1 Å². The summed E-state index contributed by atoms with van der Waals surface area (Å²) in [5, 5.41) is 0. The number of aryl methyl sites for hydroxylation is 2. The molecule has 1 aromatic rings. The van der Waals surface area contributed by atoms with Crippen molar-refractivity contribution in [2.45, 2.75) is 45.2 Å². The van der Waals surface area contributed by atoms with Gasteiger partial charge in [0.1, 0.15) is 6.54 Å². The highest BCUT2D eigenvalue weighted by atomic mass is 32.2. The minimum atomic E-state index is -6.09. The fraction of sp³-hybridized carbons (Fsp3) is 0.583. The molecular formula is C12H18F3NO3S. The molecule has 1 heterocycles. The standard InChI is InChI=1S/C11H18N.CHF3O3S/c1-3-4-5-8-12-9-6-7-11(2)10-12;2-1(3,4)8(5,6)7/h6-7,9-10H,3-5,8H2,1-2H3;(H,5,6,7)/q+1;/p-1. The summed E-state index contributed by atoms with van der Waals surface area (Å²) >= 11 is 0. The van der Waals surface area contributed by atoms with E-state index >= 15 is 0 Å². The van der Waals surface area contributed by atoms with Gasteiger partial charge in [-0.1, -0.05) is 13.3 Å². The Hall–Kier alpha value is -1.15. The molecule has 0 amide bonds. The minimum absolute atomic E-state index is 1.16. The van der Waals surface area contributed by atoms with Gasteiger partial charge in [-0.2, -0.15) is 13.2 Å². The van der Waals surface area contributed by atoms with E-state index in [1.807, 2.05) is 0 Å². The lowest BCUT2D eigenvalue weighted by molar-refractivity contribution is -0.697. The Morgan fingerprint density at radius 1 is 1.30 bits per heavy atom. The molecule has 0 aliphatic heterocycles. The number of hydrogen-bond acceptors (Lipinski definition) is 3. The summed E-state index contributed by atoms with van der Waals surface area (Å²) in [7, 11) is -6.09. The molecule has 0 bridgehead atoms. The Morgan fingerprint density at radius 2 is 1.85 bits per heavy atom. The lowest BCUT2D eigenvalue weighted by atomic mass is 10.2. The van der Waals surface area contributed by atoms with Crippen molar-refractivity contribution in [3.8, 4) is 0 Å². The maximum atomic E-state index is 10.7. The number of unbranched alkanes of at least 4 members (excludes halogenated alkanes) is 2. The number of nitrogens with zero attached hydrogens (tertiary/aromatic N) is 1. The Balaban J connectivity index is 0.000000396. The van der Waals surface area contributed by atoms with Gasteiger partial charge in [0.05, 0.1) is 0 Å². The number of alkyl halides is 3. The maximum absolute atomic E-state index is 10.7. The summed E-state index contributed by atoms with van der Waals surface area (Å²) in [6.45, 7) is 5.53. The SMILES string of the molecule is CCCCC[n+]1cccc(C)c1.O=S(=O)([O-])C(F)(F)F. The molecule has 0 aliphatic carbocycles.